The molecular weight excluding hydrogens is 713 g/mol. The first-order valence-corrected chi connectivity index (χ1v) is 23.1. The minimum absolute atomic E-state index is 0.00225. The van der Waals surface area contributed by atoms with Gasteiger partial charge in [0.2, 0.25) is 0 Å². The molecule has 2 unspecified atom stereocenters. The second-order valence-electron chi connectivity index (χ2n) is 14.5. The summed E-state index contributed by atoms with van der Waals surface area (Å²) in [5.41, 5.74) is 0. The van der Waals surface area contributed by atoms with Crippen LogP contribution in [0, 0.1) is 0 Å². The van der Waals surface area contributed by atoms with Gasteiger partial charge in [-0.1, -0.05) is 132 Å². The Hall–Kier alpha value is -2.29. The minimum atomic E-state index is -4.37. The predicted molar refractivity (Wildman–Crippen MR) is 229 cm³/mol. The molecule has 0 aliphatic rings. The van der Waals surface area contributed by atoms with Gasteiger partial charge in [-0.3, -0.25) is 18.6 Å². The van der Waals surface area contributed by atoms with Crippen molar-refractivity contribution in [2.75, 3.05) is 40.5 Å². The summed E-state index contributed by atoms with van der Waals surface area (Å²) < 4.78 is 33.4. The Kier molecular flexibility index (Phi) is 38.3. The van der Waals surface area contributed by atoms with E-state index in [1.807, 2.05) is 19.0 Å². The molecule has 318 valence electrons. The first kappa shape index (κ1) is 52.7. The minimum Gasteiger partial charge on any atom is -0.462 e. The highest BCUT2D eigenvalue weighted by molar-refractivity contribution is 7.47. The van der Waals surface area contributed by atoms with Crippen molar-refractivity contribution in [3.8, 4) is 0 Å². The maximum Gasteiger partial charge on any atom is 0.472 e. The Morgan fingerprint density at radius 1 is 0.564 bits per heavy atom. The van der Waals surface area contributed by atoms with Crippen LogP contribution in [-0.2, 0) is 32.7 Å². The summed E-state index contributed by atoms with van der Waals surface area (Å²) in [6, 6.07) is 0. The van der Waals surface area contributed by atoms with Crippen LogP contribution in [0.1, 0.15) is 168 Å². The molecule has 1 N–H and O–H groups in total. The topological polar surface area (TPSA) is 112 Å². The number of allylic oxidation sites excluding steroid dienone is 10. The van der Waals surface area contributed by atoms with Crippen molar-refractivity contribution >= 4 is 19.8 Å². The number of likely N-dealkylation sites (N-methyl/N-ethyl adjacent to an activating group) is 1. The third-order valence-corrected chi connectivity index (χ3v) is 9.78. The first-order chi connectivity index (χ1) is 26.7. The van der Waals surface area contributed by atoms with Crippen LogP contribution in [-0.4, -0.2) is 68.3 Å². The van der Waals surface area contributed by atoms with Gasteiger partial charge in [-0.2, -0.15) is 0 Å². The number of hydrogen-bond donors (Lipinski definition) is 1. The van der Waals surface area contributed by atoms with Gasteiger partial charge in [-0.25, -0.2) is 4.57 Å². The number of rotatable bonds is 39. The van der Waals surface area contributed by atoms with E-state index in [1.165, 1.54) is 51.4 Å². The van der Waals surface area contributed by atoms with Gasteiger partial charge in [0.15, 0.2) is 6.10 Å². The van der Waals surface area contributed by atoms with Crippen LogP contribution in [0.5, 0.6) is 0 Å². The second-order valence-corrected chi connectivity index (χ2v) is 16.0. The molecule has 0 radical (unpaired) electrons. The van der Waals surface area contributed by atoms with E-state index in [-0.39, 0.29) is 26.1 Å². The zero-order chi connectivity index (χ0) is 40.5. The number of esters is 2. The van der Waals surface area contributed by atoms with Crippen LogP contribution >= 0.6 is 7.82 Å². The maximum atomic E-state index is 12.6. The lowest BCUT2D eigenvalue weighted by atomic mass is 10.1. The number of ether oxygens (including phenoxy) is 2. The van der Waals surface area contributed by atoms with Crippen molar-refractivity contribution in [3.05, 3.63) is 60.8 Å². The van der Waals surface area contributed by atoms with Gasteiger partial charge in [0.25, 0.3) is 0 Å². The van der Waals surface area contributed by atoms with Crippen LogP contribution in [0.25, 0.3) is 0 Å². The molecule has 9 nitrogen and oxygen atoms in total. The number of phosphoric ester groups is 1. The van der Waals surface area contributed by atoms with E-state index in [0.29, 0.717) is 19.4 Å². The van der Waals surface area contributed by atoms with Gasteiger partial charge >= 0.3 is 19.8 Å². The SMILES string of the molecule is CCCCC/C=C\C/C=C\C/C=C\CCCCCCC(=O)OC(COC(=O)CCCCCCC/C=C\C/C=C\CCCCC)COP(=O)(O)OCCN(C)C. The van der Waals surface area contributed by atoms with E-state index in [2.05, 4.69) is 74.6 Å². The zero-order valence-corrected chi connectivity index (χ0v) is 36.2. The van der Waals surface area contributed by atoms with Crippen LogP contribution in [0.4, 0.5) is 0 Å². The van der Waals surface area contributed by atoms with Gasteiger partial charge in [0, 0.05) is 19.4 Å². The van der Waals surface area contributed by atoms with Crippen LogP contribution in [0.3, 0.4) is 0 Å². The Labute approximate surface area is 336 Å². The Balaban J connectivity index is 4.38. The molecule has 0 bridgehead atoms. The largest absolute Gasteiger partial charge is 0.472 e. The predicted octanol–water partition coefficient (Wildman–Crippen LogP) is 12.3. The monoisotopic (exact) mass is 794 g/mol. The number of unbranched alkanes of at least 4 members (excludes halogenated alkanes) is 15. The zero-order valence-electron chi connectivity index (χ0n) is 35.3. The van der Waals surface area contributed by atoms with E-state index >= 15 is 0 Å². The van der Waals surface area contributed by atoms with Crippen molar-refractivity contribution in [2.24, 2.45) is 0 Å². The Bertz CT molecular complexity index is 1100. The number of carbonyl (C=O) groups excluding carboxylic acids is 2. The van der Waals surface area contributed by atoms with Crippen molar-refractivity contribution < 1.29 is 37.6 Å². The quantitative estimate of drug-likeness (QED) is 0.0281. The van der Waals surface area contributed by atoms with E-state index < -0.39 is 32.5 Å². The summed E-state index contributed by atoms with van der Waals surface area (Å²) in [4.78, 5) is 37.0. The number of hydrogen-bond acceptors (Lipinski definition) is 8. The van der Waals surface area contributed by atoms with E-state index in [1.54, 1.807) is 0 Å². The van der Waals surface area contributed by atoms with Crippen molar-refractivity contribution in [2.45, 2.75) is 174 Å². The van der Waals surface area contributed by atoms with Crippen molar-refractivity contribution in [1.82, 2.24) is 4.90 Å². The molecule has 0 aromatic heterocycles. The molecule has 0 heterocycles. The molecule has 55 heavy (non-hydrogen) atoms. The van der Waals surface area contributed by atoms with E-state index in [0.717, 1.165) is 77.0 Å². The highest BCUT2D eigenvalue weighted by atomic mass is 31.2. The van der Waals surface area contributed by atoms with Gasteiger partial charge in [0.1, 0.15) is 6.61 Å². The third kappa shape index (κ3) is 41.2. The molecule has 0 aliphatic heterocycles. The lowest BCUT2D eigenvalue weighted by molar-refractivity contribution is -0.161. The fourth-order valence-electron chi connectivity index (χ4n) is 5.43. The molecule has 2 atom stereocenters. The number of phosphoric acid groups is 1. The molecular formula is C45H80NO8P. The Morgan fingerprint density at radius 2 is 0.982 bits per heavy atom. The van der Waals surface area contributed by atoms with E-state index in [4.69, 9.17) is 18.5 Å². The molecule has 0 saturated heterocycles. The fraction of sp³-hybridized carbons (Fsp3) is 0.733. The number of nitrogens with zero attached hydrogens (tertiary/aromatic N) is 1. The van der Waals surface area contributed by atoms with E-state index in [9.17, 15) is 19.0 Å². The summed E-state index contributed by atoms with van der Waals surface area (Å²) in [5, 5.41) is 0. The summed E-state index contributed by atoms with van der Waals surface area (Å²) in [7, 11) is -0.737. The average molecular weight is 794 g/mol. The lowest BCUT2D eigenvalue weighted by Gasteiger charge is -2.20. The first-order valence-electron chi connectivity index (χ1n) is 21.6. The van der Waals surface area contributed by atoms with Crippen molar-refractivity contribution in [3.63, 3.8) is 0 Å². The average Bonchev–Trinajstić information content (AvgIpc) is 3.15. The van der Waals surface area contributed by atoms with Gasteiger partial charge < -0.3 is 19.3 Å². The molecule has 0 aromatic rings. The maximum absolute atomic E-state index is 12.6. The molecule has 10 heteroatoms. The third-order valence-electron chi connectivity index (χ3n) is 8.80. The molecule has 0 aliphatic carbocycles. The van der Waals surface area contributed by atoms with Gasteiger partial charge in [0.05, 0.1) is 13.2 Å². The van der Waals surface area contributed by atoms with Crippen LogP contribution in [0.2, 0.25) is 0 Å². The highest BCUT2D eigenvalue weighted by Gasteiger charge is 2.26. The summed E-state index contributed by atoms with van der Waals surface area (Å²) in [5.74, 6) is -0.848. The summed E-state index contributed by atoms with van der Waals surface area (Å²) in [6.07, 6.45) is 45.4. The van der Waals surface area contributed by atoms with Gasteiger partial charge in [-0.15, -0.1) is 0 Å². The van der Waals surface area contributed by atoms with Crippen molar-refractivity contribution in [1.29, 1.82) is 0 Å². The fourth-order valence-corrected chi connectivity index (χ4v) is 6.17. The summed E-state index contributed by atoms with van der Waals surface area (Å²) in [6.45, 7) is 4.21. The van der Waals surface area contributed by atoms with Crippen LogP contribution < -0.4 is 0 Å². The molecule has 0 spiro atoms. The summed E-state index contributed by atoms with van der Waals surface area (Å²) >= 11 is 0. The Morgan fingerprint density at radius 3 is 1.45 bits per heavy atom. The molecule has 0 amide bonds. The standard InChI is InChI=1S/C45H80NO8P/c1-5-7-9-11-13-15-17-19-21-22-24-26-28-30-32-34-36-38-45(48)54-43(42-53-55(49,50)52-40-39-46(3)4)41-51-44(47)37-35-33-31-29-27-25-23-20-18-16-14-12-10-8-6-2/h13-16,19-21,23-24,26,43H,5-12,17-18,22,25,27-42H2,1-4H3,(H,49,50)/b15-13-,16-14-,21-19-,23-20-,26-24-. The molecule has 0 fully saturated rings. The smallest absolute Gasteiger partial charge is 0.462 e. The van der Waals surface area contributed by atoms with Gasteiger partial charge in [-0.05, 0) is 97.6 Å². The second kappa shape index (κ2) is 39.9. The van der Waals surface area contributed by atoms with Crippen LogP contribution in [0.15, 0.2) is 60.8 Å². The number of carbonyl (C=O) groups is 2. The molecule has 0 rings (SSSR count). The normalized spacial score (nSPS) is 14.0. The lowest BCUT2D eigenvalue weighted by Crippen LogP contribution is -2.29. The molecule has 0 saturated carbocycles. The highest BCUT2D eigenvalue weighted by Crippen LogP contribution is 2.43. The molecule has 0 aromatic carbocycles.